The molecule has 1 aromatic heterocycles. The van der Waals surface area contributed by atoms with Crippen LogP contribution in [0.2, 0.25) is 0 Å². The van der Waals surface area contributed by atoms with Crippen LogP contribution in [0.25, 0.3) is 11.1 Å². The van der Waals surface area contributed by atoms with E-state index in [1.54, 1.807) is 0 Å². The Hall–Kier alpha value is -1.22. The molecule has 2 aromatic rings. The Balaban J connectivity index is 2.49. The third-order valence-corrected chi connectivity index (χ3v) is 2.94. The van der Waals surface area contributed by atoms with Crippen LogP contribution >= 0.6 is 15.9 Å². The quantitative estimate of drug-likeness (QED) is 0.775. The summed E-state index contributed by atoms with van der Waals surface area (Å²) in [5.41, 5.74) is 3.51. The highest BCUT2D eigenvalue weighted by atomic mass is 79.9. The lowest BCUT2D eigenvalue weighted by Crippen LogP contribution is -1.87. The van der Waals surface area contributed by atoms with Crippen LogP contribution in [0, 0.1) is 0 Å². The lowest BCUT2D eigenvalue weighted by atomic mass is 10.0. The van der Waals surface area contributed by atoms with Crippen LogP contribution in [-0.4, -0.2) is 9.97 Å². The summed E-state index contributed by atoms with van der Waals surface area (Å²) in [5, 5.41) is 0. The Bertz CT molecular complexity index is 469. The zero-order chi connectivity index (χ0) is 10.7. The zero-order valence-electron chi connectivity index (χ0n) is 8.44. The van der Waals surface area contributed by atoms with Gasteiger partial charge in [-0.3, -0.25) is 0 Å². The molecule has 0 saturated carbocycles. The molecule has 0 amide bonds. The molecule has 0 unspecified atom stereocenters. The molecule has 0 radical (unpaired) electrons. The van der Waals surface area contributed by atoms with Crippen molar-refractivity contribution in [1.82, 2.24) is 9.97 Å². The van der Waals surface area contributed by atoms with E-state index in [4.69, 9.17) is 0 Å². The summed E-state index contributed by atoms with van der Waals surface area (Å²) in [6.45, 7) is 2.15. The van der Waals surface area contributed by atoms with Crippen molar-refractivity contribution in [3.63, 3.8) is 0 Å². The molecule has 0 aliphatic heterocycles. The normalized spacial score (nSPS) is 10.3. The average molecular weight is 263 g/mol. The molecule has 3 heteroatoms. The molecule has 0 fully saturated rings. The molecule has 0 spiro atoms. The Morgan fingerprint density at radius 1 is 1.33 bits per heavy atom. The van der Waals surface area contributed by atoms with Gasteiger partial charge in [-0.05, 0) is 33.5 Å². The number of nitrogens with zero attached hydrogens (tertiary/aromatic N) is 2. The summed E-state index contributed by atoms with van der Waals surface area (Å²) in [7, 11) is 0. The first kappa shape index (κ1) is 10.3. The van der Waals surface area contributed by atoms with Crippen LogP contribution in [0.3, 0.4) is 0 Å². The van der Waals surface area contributed by atoms with Gasteiger partial charge in [0.15, 0.2) is 0 Å². The van der Waals surface area contributed by atoms with E-state index in [9.17, 15) is 0 Å². The molecular weight excluding hydrogens is 252 g/mol. The van der Waals surface area contributed by atoms with Crippen molar-refractivity contribution in [3.8, 4) is 11.1 Å². The third kappa shape index (κ3) is 2.23. The number of halogens is 1. The maximum absolute atomic E-state index is 4.12. The minimum Gasteiger partial charge on any atom is -0.244 e. The number of hydrogen-bond acceptors (Lipinski definition) is 2. The first-order chi connectivity index (χ1) is 7.31. The zero-order valence-corrected chi connectivity index (χ0v) is 10.0. The fourth-order valence-electron chi connectivity index (χ4n) is 1.47. The van der Waals surface area contributed by atoms with Gasteiger partial charge in [-0.1, -0.05) is 31.2 Å². The first-order valence-electron chi connectivity index (χ1n) is 4.86. The smallest absolute Gasteiger partial charge is 0.117 e. The topological polar surface area (TPSA) is 25.8 Å². The monoisotopic (exact) mass is 262 g/mol. The summed E-state index contributed by atoms with van der Waals surface area (Å²) >= 11 is 3.43. The second-order valence-corrected chi connectivity index (χ2v) is 4.03. The van der Waals surface area contributed by atoms with Crippen molar-refractivity contribution in [1.29, 1.82) is 0 Å². The SMILES string of the molecule is CCc1cccc(-c2cncnc2Br)c1. The van der Waals surface area contributed by atoms with Crippen molar-refractivity contribution < 1.29 is 0 Å². The molecule has 0 bridgehead atoms. The van der Waals surface area contributed by atoms with Gasteiger partial charge in [0.2, 0.25) is 0 Å². The largest absolute Gasteiger partial charge is 0.244 e. The van der Waals surface area contributed by atoms with Gasteiger partial charge in [-0.2, -0.15) is 0 Å². The predicted molar refractivity (Wildman–Crippen MR) is 64.5 cm³/mol. The summed E-state index contributed by atoms with van der Waals surface area (Å²) < 4.78 is 0.839. The van der Waals surface area contributed by atoms with Gasteiger partial charge in [0.05, 0.1) is 0 Å². The fraction of sp³-hybridized carbons (Fsp3) is 0.167. The molecule has 2 nitrogen and oxygen atoms in total. The molecule has 0 aliphatic rings. The molecule has 1 heterocycles. The van der Waals surface area contributed by atoms with Gasteiger partial charge in [-0.15, -0.1) is 0 Å². The number of aryl methyl sites for hydroxylation is 1. The lowest BCUT2D eigenvalue weighted by molar-refractivity contribution is 1.13. The summed E-state index contributed by atoms with van der Waals surface area (Å²) in [5.74, 6) is 0. The predicted octanol–water partition coefficient (Wildman–Crippen LogP) is 3.47. The third-order valence-electron chi connectivity index (χ3n) is 2.31. The van der Waals surface area contributed by atoms with Crippen molar-refractivity contribution >= 4 is 15.9 Å². The van der Waals surface area contributed by atoms with Gasteiger partial charge in [0.1, 0.15) is 10.9 Å². The Morgan fingerprint density at radius 3 is 2.93 bits per heavy atom. The van der Waals surface area contributed by atoms with E-state index in [0.29, 0.717) is 0 Å². The molecular formula is C12H11BrN2. The summed E-state index contributed by atoms with van der Waals surface area (Å²) in [6, 6.07) is 8.43. The highest BCUT2D eigenvalue weighted by Crippen LogP contribution is 2.25. The minimum absolute atomic E-state index is 0.839. The first-order valence-corrected chi connectivity index (χ1v) is 5.65. The van der Waals surface area contributed by atoms with Crippen LogP contribution in [0.15, 0.2) is 41.4 Å². The number of benzene rings is 1. The van der Waals surface area contributed by atoms with Crippen LogP contribution in [0.4, 0.5) is 0 Å². The minimum atomic E-state index is 0.839. The fourth-order valence-corrected chi connectivity index (χ4v) is 1.89. The van der Waals surface area contributed by atoms with Crippen LogP contribution in [0.1, 0.15) is 12.5 Å². The average Bonchev–Trinajstić information content (AvgIpc) is 2.30. The van der Waals surface area contributed by atoms with E-state index in [1.807, 2.05) is 6.20 Å². The molecule has 0 N–H and O–H groups in total. The van der Waals surface area contributed by atoms with Gasteiger partial charge in [0, 0.05) is 11.8 Å². The summed E-state index contributed by atoms with van der Waals surface area (Å²) in [6.07, 6.45) is 4.41. The highest BCUT2D eigenvalue weighted by Gasteiger charge is 2.03. The number of aromatic nitrogens is 2. The van der Waals surface area contributed by atoms with E-state index >= 15 is 0 Å². The highest BCUT2D eigenvalue weighted by molar-refractivity contribution is 9.10. The summed E-state index contributed by atoms with van der Waals surface area (Å²) in [4.78, 5) is 8.15. The van der Waals surface area contributed by atoms with Crippen molar-refractivity contribution in [2.45, 2.75) is 13.3 Å². The molecule has 15 heavy (non-hydrogen) atoms. The van der Waals surface area contributed by atoms with E-state index in [-0.39, 0.29) is 0 Å². The maximum Gasteiger partial charge on any atom is 0.117 e. The van der Waals surface area contributed by atoms with Crippen molar-refractivity contribution in [3.05, 3.63) is 47.0 Å². The molecule has 0 aliphatic carbocycles. The van der Waals surface area contributed by atoms with Crippen LogP contribution in [0.5, 0.6) is 0 Å². The van der Waals surface area contributed by atoms with Gasteiger partial charge < -0.3 is 0 Å². The lowest BCUT2D eigenvalue weighted by Gasteiger charge is -2.04. The van der Waals surface area contributed by atoms with Crippen molar-refractivity contribution in [2.75, 3.05) is 0 Å². The molecule has 0 saturated heterocycles. The number of rotatable bonds is 2. The van der Waals surface area contributed by atoms with E-state index in [0.717, 1.165) is 22.2 Å². The number of hydrogen-bond donors (Lipinski definition) is 0. The van der Waals surface area contributed by atoms with Gasteiger partial charge >= 0.3 is 0 Å². The molecule has 0 atom stereocenters. The van der Waals surface area contributed by atoms with Crippen LogP contribution in [-0.2, 0) is 6.42 Å². The maximum atomic E-state index is 4.12. The standard InChI is InChI=1S/C12H11BrN2/c1-2-9-4-3-5-10(6-9)11-7-14-8-15-12(11)13/h3-8H,2H2,1H3. The Labute approximate surface area is 97.5 Å². The second kappa shape index (κ2) is 4.53. The molecule has 76 valence electrons. The van der Waals surface area contributed by atoms with Gasteiger partial charge in [0.25, 0.3) is 0 Å². The Morgan fingerprint density at radius 2 is 2.20 bits per heavy atom. The van der Waals surface area contributed by atoms with Crippen molar-refractivity contribution in [2.24, 2.45) is 0 Å². The van der Waals surface area contributed by atoms with E-state index in [2.05, 4.69) is 57.1 Å². The van der Waals surface area contributed by atoms with Crippen LogP contribution < -0.4 is 0 Å². The Kier molecular flexibility index (Phi) is 3.11. The van der Waals surface area contributed by atoms with E-state index in [1.165, 1.54) is 11.9 Å². The second-order valence-electron chi connectivity index (χ2n) is 3.28. The van der Waals surface area contributed by atoms with Gasteiger partial charge in [-0.25, -0.2) is 9.97 Å². The molecule has 2 rings (SSSR count). The van der Waals surface area contributed by atoms with E-state index < -0.39 is 0 Å². The molecule has 1 aromatic carbocycles.